The van der Waals surface area contributed by atoms with E-state index in [0.717, 1.165) is 18.0 Å². The van der Waals surface area contributed by atoms with Crippen molar-refractivity contribution in [2.45, 2.75) is 31.0 Å². The number of carbonyl (C=O) groups excluding carboxylic acids is 1. The third kappa shape index (κ3) is 2.06. The Morgan fingerprint density at radius 1 is 1.69 bits per heavy atom. The fraction of sp³-hybridized carbons (Fsp3) is 0.714. The van der Waals surface area contributed by atoms with E-state index in [1.807, 2.05) is 4.68 Å². The number of aromatic nitrogens is 4. The Bertz CT molecular complexity index is 320. The number of carbonyl (C=O) groups is 1. The molecule has 13 heavy (non-hydrogen) atoms. The summed E-state index contributed by atoms with van der Waals surface area (Å²) in [6, 6.07) is 0.476. The van der Waals surface area contributed by atoms with Gasteiger partial charge in [-0.2, -0.15) is 0 Å². The van der Waals surface area contributed by atoms with E-state index in [1.165, 1.54) is 11.8 Å². The molecule has 5 nitrogen and oxygen atoms in total. The molecule has 1 aliphatic carbocycles. The Kier molecular flexibility index (Phi) is 2.30. The standard InChI is InChI=1S/C7H10N4OS/c1-5(12)4-13-7-8-9-10-11(7)6-2-3-6/h6H,2-4H2,1H3. The van der Waals surface area contributed by atoms with Crippen molar-refractivity contribution >= 4 is 17.5 Å². The monoisotopic (exact) mass is 198 g/mol. The molecular weight excluding hydrogens is 188 g/mol. The van der Waals surface area contributed by atoms with Gasteiger partial charge in [-0.3, -0.25) is 4.79 Å². The number of tetrazole rings is 1. The molecule has 0 radical (unpaired) electrons. The van der Waals surface area contributed by atoms with Crippen LogP contribution in [-0.4, -0.2) is 31.7 Å². The first kappa shape index (κ1) is 8.68. The van der Waals surface area contributed by atoms with Gasteiger partial charge in [0.1, 0.15) is 5.78 Å². The second kappa shape index (κ2) is 3.45. The minimum absolute atomic E-state index is 0.148. The van der Waals surface area contributed by atoms with Gasteiger partial charge in [0, 0.05) is 0 Å². The summed E-state index contributed by atoms with van der Waals surface area (Å²) in [5.74, 6) is 0.600. The van der Waals surface area contributed by atoms with Gasteiger partial charge in [0.2, 0.25) is 5.16 Å². The van der Waals surface area contributed by atoms with Gasteiger partial charge in [-0.15, -0.1) is 5.10 Å². The van der Waals surface area contributed by atoms with Crippen LogP contribution in [0.4, 0.5) is 0 Å². The summed E-state index contributed by atoms with van der Waals surface area (Å²) in [6.07, 6.45) is 2.30. The Morgan fingerprint density at radius 3 is 3.08 bits per heavy atom. The number of ketones is 1. The molecular formula is C7H10N4OS. The highest BCUT2D eigenvalue weighted by atomic mass is 32.2. The van der Waals surface area contributed by atoms with Gasteiger partial charge < -0.3 is 0 Å². The summed E-state index contributed by atoms with van der Waals surface area (Å²) in [5.41, 5.74) is 0. The SMILES string of the molecule is CC(=O)CSc1nnnn1C1CC1. The fourth-order valence-electron chi connectivity index (χ4n) is 0.995. The van der Waals surface area contributed by atoms with Crippen molar-refractivity contribution in [2.24, 2.45) is 0 Å². The Labute approximate surface area is 79.9 Å². The number of Topliss-reactive ketones (excluding diaryl/α,β-unsaturated/α-hetero) is 1. The lowest BCUT2D eigenvalue weighted by molar-refractivity contribution is -0.114. The Balaban J connectivity index is 2.02. The van der Waals surface area contributed by atoms with Gasteiger partial charge in [-0.1, -0.05) is 11.8 Å². The minimum atomic E-state index is 0.148. The molecule has 1 saturated carbocycles. The van der Waals surface area contributed by atoms with E-state index >= 15 is 0 Å². The highest BCUT2D eigenvalue weighted by Gasteiger charge is 2.27. The predicted molar refractivity (Wildman–Crippen MR) is 47.5 cm³/mol. The maximum Gasteiger partial charge on any atom is 0.210 e. The average Bonchev–Trinajstić information content (AvgIpc) is 2.82. The topological polar surface area (TPSA) is 60.7 Å². The molecule has 0 atom stereocenters. The summed E-state index contributed by atoms with van der Waals surface area (Å²) >= 11 is 1.41. The molecule has 1 aromatic heterocycles. The zero-order chi connectivity index (χ0) is 9.26. The van der Waals surface area contributed by atoms with Crippen LogP contribution in [0.1, 0.15) is 25.8 Å². The summed E-state index contributed by atoms with van der Waals surface area (Å²) in [5, 5.41) is 12.1. The molecule has 0 saturated heterocycles. The lowest BCUT2D eigenvalue weighted by Crippen LogP contribution is -2.01. The van der Waals surface area contributed by atoms with Crippen molar-refractivity contribution in [2.75, 3.05) is 5.75 Å². The van der Waals surface area contributed by atoms with Crippen LogP contribution in [-0.2, 0) is 4.79 Å². The third-order valence-electron chi connectivity index (χ3n) is 1.76. The van der Waals surface area contributed by atoms with Crippen molar-refractivity contribution in [3.05, 3.63) is 0 Å². The zero-order valence-electron chi connectivity index (χ0n) is 7.30. The van der Waals surface area contributed by atoms with Gasteiger partial charge in [-0.25, -0.2) is 4.68 Å². The normalized spacial score (nSPS) is 16.1. The first-order valence-electron chi connectivity index (χ1n) is 4.17. The second-order valence-electron chi connectivity index (χ2n) is 3.13. The molecule has 1 heterocycles. The lowest BCUT2D eigenvalue weighted by atomic mass is 10.5. The van der Waals surface area contributed by atoms with E-state index in [-0.39, 0.29) is 5.78 Å². The molecule has 0 unspecified atom stereocenters. The molecule has 2 rings (SSSR count). The molecule has 1 aromatic rings. The summed E-state index contributed by atoms with van der Waals surface area (Å²) in [4.78, 5) is 10.7. The molecule has 6 heteroatoms. The van der Waals surface area contributed by atoms with Crippen LogP contribution in [0.25, 0.3) is 0 Å². The molecule has 0 N–H and O–H groups in total. The Morgan fingerprint density at radius 2 is 2.46 bits per heavy atom. The zero-order valence-corrected chi connectivity index (χ0v) is 8.12. The summed E-state index contributed by atoms with van der Waals surface area (Å²) in [6.45, 7) is 1.57. The third-order valence-corrected chi connectivity index (χ3v) is 2.84. The minimum Gasteiger partial charge on any atom is -0.299 e. The number of nitrogens with zero attached hydrogens (tertiary/aromatic N) is 4. The van der Waals surface area contributed by atoms with Crippen LogP contribution in [0.3, 0.4) is 0 Å². The molecule has 0 aromatic carbocycles. The highest BCUT2D eigenvalue weighted by molar-refractivity contribution is 7.99. The highest BCUT2D eigenvalue weighted by Crippen LogP contribution is 2.36. The number of rotatable bonds is 4. The second-order valence-corrected chi connectivity index (χ2v) is 4.07. The maximum absolute atomic E-state index is 10.7. The number of hydrogen-bond acceptors (Lipinski definition) is 5. The van der Waals surface area contributed by atoms with Crippen LogP contribution in [0, 0.1) is 0 Å². The van der Waals surface area contributed by atoms with E-state index in [2.05, 4.69) is 15.5 Å². The molecule has 1 aliphatic rings. The van der Waals surface area contributed by atoms with Gasteiger partial charge in [-0.05, 0) is 30.2 Å². The maximum atomic E-state index is 10.7. The molecule has 0 spiro atoms. The van der Waals surface area contributed by atoms with Gasteiger partial charge in [0.25, 0.3) is 0 Å². The van der Waals surface area contributed by atoms with Gasteiger partial charge >= 0.3 is 0 Å². The van der Waals surface area contributed by atoms with Crippen molar-refractivity contribution in [1.29, 1.82) is 0 Å². The molecule has 1 fully saturated rings. The first-order chi connectivity index (χ1) is 6.27. The van der Waals surface area contributed by atoms with E-state index in [0.29, 0.717) is 11.8 Å². The predicted octanol–water partition coefficient (Wildman–Crippen LogP) is 0.689. The van der Waals surface area contributed by atoms with Crippen molar-refractivity contribution in [3.8, 4) is 0 Å². The van der Waals surface area contributed by atoms with Gasteiger partial charge in [0.15, 0.2) is 0 Å². The van der Waals surface area contributed by atoms with Crippen molar-refractivity contribution in [1.82, 2.24) is 20.2 Å². The van der Waals surface area contributed by atoms with E-state index in [4.69, 9.17) is 0 Å². The first-order valence-corrected chi connectivity index (χ1v) is 5.16. The lowest BCUT2D eigenvalue weighted by Gasteiger charge is -1.99. The molecule has 0 aliphatic heterocycles. The van der Waals surface area contributed by atoms with Crippen molar-refractivity contribution in [3.63, 3.8) is 0 Å². The summed E-state index contributed by atoms with van der Waals surface area (Å²) in [7, 11) is 0. The largest absolute Gasteiger partial charge is 0.299 e. The quantitative estimate of drug-likeness (QED) is 0.666. The molecule has 70 valence electrons. The van der Waals surface area contributed by atoms with Crippen LogP contribution < -0.4 is 0 Å². The Hall–Kier alpha value is -0.910. The molecule has 0 bridgehead atoms. The average molecular weight is 198 g/mol. The van der Waals surface area contributed by atoms with E-state index < -0.39 is 0 Å². The number of thioether (sulfide) groups is 1. The fourth-order valence-corrected chi connectivity index (χ4v) is 1.74. The van der Waals surface area contributed by atoms with Crippen molar-refractivity contribution < 1.29 is 4.79 Å². The summed E-state index contributed by atoms with van der Waals surface area (Å²) < 4.78 is 1.81. The molecule has 0 amide bonds. The number of hydrogen-bond donors (Lipinski definition) is 0. The van der Waals surface area contributed by atoms with E-state index in [1.54, 1.807) is 6.92 Å². The van der Waals surface area contributed by atoms with Crippen LogP contribution in [0.5, 0.6) is 0 Å². The van der Waals surface area contributed by atoms with Crippen LogP contribution in [0.15, 0.2) is 5.16 Å². The van der Waals surface area contributed by atoms with Crippen LogP contribution in [0.2, 0.25) is 0 Å². The van der Waals surface area contributed by atoms with Crippen LogP contribution >= 0.6 is 11.8 Å². The van der Waals surface area contributed by atoms with E-state index in [9.17, 15) is 4.79 Å². The van der Waals surface area contributed by atoms with Gasteiger partial charge in [0.05, 0.1) is 11.8 Å². The smallest absolute Gasteiger partial charge is 0.210 e.